The van der Waals surface area contributed by atoms with Crippen LogP contribution < -0.4 is 5.32 Å². The molecule has 3 nitrogen and oxygen atoms in total. The zero-order valence-electron chi connectivity index (χ0n) is 32.3. The summed E-state index contributed by atoms with van der Waals surface area (Å²) in [5.74, 6) is 1.53. The summed E-state index contributed by atoms with van der Waals surface area (Å²) in [6.07, 6.45) is -0.313. The van der Waals surface area contributed by atoms with Crippen LogP contribution in [0.1, 0.15) is 45.1 Å². The van der Waals surface area contributed by atoms with Crippen molar-refractivity contribution in [3.63, 3.8) is 0 Å². The summed E-state index contributed by atoms with van der Waals surface area (Å²) in [4.78, 5) is 10.2. The molecule has 1 atom stereocenters. The Morgan fingerprint density at radius 1 is 0.390 bits per heavy atom. The minimum absolute atomic E-state index is 0.313. The monoisotopic (exact) mass is 753 g/mol. The van der Waals surface area contributed by atoms with Crippen LogP contribution in [-0.2, 0) is 5.41 Å². The van der Waals surface area contributed by atoms with E-state index in [4.69, 9.17) is 9.98 Å². The molecule has 3 heteroatoms. The lowest BCUT2D eigenvalue weighted by Gasteiger charge is -2.34. The quantitative estimate of drug-likeness (QED) is 0.173. The van der Waals surface area contributed by atoms with Gasteiger partial charge in [0, 0.05) is 11.1 Å². The van der Waals surface area contributed by atoms with E-state index in [1.165, 1.54) is 55.3 Å². The molecule has 1 N–H and O–H groups in total. The number of benzene rings is 9. The van der Waals surface area contributed by atoms with Gasteiger partial charge in [-0.15, -0.1) is 0 Å². The van der Waals surface area contributed by atoms with Crippen LogP contribution in [0, 0.1) is 0 Å². The highest BCUT2D eigenvalue weighted by molar-refractivity contribution is 6.13. The summed E-state index contributed by atoms with van der Waals surface area (Å²) in [7, 11) is 0. The number of amidine groups is 2. The van der Waals surface area contributed by atoms with Gasteiger partial charge in [-0.3, -0.25) is 0 Å². The minimum Gasteiger partial charge on any atom is -0.344 e. The molecule has 0 bridgehead atoms. The fourth-order valence-corrected chi connectivity index (χ4v) is 9.37. The molecule has 0 amide bonds. The van der Waals surface area contributed by atoms with E-state index in [0.29, 0.717) is 5.84 Å². The Balaban J connectivity index is 1.06. The van der Waals surface area contributed by atoms with Gasteiger partial charge in [-0.05, 0) is 90.2 Å². The molecule has 11 rings (SSSR count). The molecule has 2 aliphatic rings. The zero-order valence-corrected chi connectivity index (χ0v) is 32.3. The van der Waals surface area contributed by atoms with Crippen LogP contribution in [0.5, 0.6) is 0 Å². The Hall–Kier alpha value is -7.62. The molecule has 0 radical (unpaired) electrons. The molecule has 0 saturated carbocycles. The van der Waals surface area contributed by atoms with Crippen molar-refractivity contribution in [3.05, 3.63) is 263 Å². The lowest BCUT2D eigenvalue weighted by Crippen LogP contribution is -2.33. The largest absolute Gasteiger partial charge is 0.344 e. The molecule has 1 aliphatic heterocycles. The Kier molecular flexibility index (Phi) is 8.45. The van der Waals surface area contributed by atoms with Crippen molar-refractivity contribution in [2.24, 2.45) is 9.98 Å². The summed E-state index contributed by atoms with van der Waals surface area (Å²) in [6, 6.07) is 80.9. The molecule has 1 aliphatic carbocycles. The maximum absolute atomic E-state index is 5.16. The smallest absolute Gasteiger partial charge is 0.159 e. The fourth-order valence-electron chi connectivity index (χ4n) is 9.37. The van der Waals surface area contributed by atoms with E-state index < -0.39 is 5.41 Å². The topological polar surface area (TPSA) is 36.8 Å². The van der Waals surface area contributed by atoms with Crippen LogP contribution in [0.3, 0.4) is 0 Å². The van der Waals surface area contributed by atoms with Crippen molar-refractivity contribution >= 4 is 22.4 Å². The first-order valence-electron chi connectivity index (χ1n) is 20.3. The number of fused-ring (bicyclic) bond motifs is 5. The van der Waals surface area contributed by atoms with Gasteiger partial charge in [0.2, 0.25) is 0 Å². The van der Waals surface area contributed by atoms with Gasteiger partial charge in [-0.25, -0.2) is 9.98 Å². The van der Waals surface area contributed by atoms with E-state index in [9.17, 15) is 0 Å². The molecule has 0 spiro atoms. The molecule has 0 saturated heterocycles. The van der Waals surface area contributed by atoms with Gasteiger partial charge in [0.15, 0.2) is 5.84 Å². The van der Waals surface area contributed by atoms with Crippen LogP contribution in [0.15, 0.2) is 234 Å². The third kappa shape index (κ3) is 5.82. The van der Waals surface area contributed by atoms with Crippen LogP contribution in [0.25, 0.3) is 44.2 Å². The van der Waals surface area contributed by atoms with Crippen molar-refractivity contribution in [1.29, 1.82) is 0 Å². The maximum Gasteiger partial charge on any atom is 0.159 e. The molecule has 1 heterocycles. The lowest BCUT2D eigenvalue weighted by atomic mass is 9.67. The highest BCUT2D eigenvalue weighted by Crippen LogP contribution is 2.59. The summed E-state index contributed by atoms with van der Waals surface area (Å²) in [5, 5.41) is 6.16. The zero-order chi connectivity index (χ0) is 39.2. The lowest BCUT2D eigenvalue weighted by molar-refractivity contribution is 0.674. The van der Waals surface area contributed by atoms with Crippen molar-refractivity contribution in [3.8, 4) is 33.4 Å². The van der Waals surface area contributed by atoms with E-state index in [0.717, 1.165) is 33.7 Å². The van der Waals surface area contributed by atoms with E-state index in [1.54, 1.807) is 0 Å². The average molecular weight is 754 g/mol. The van der Waals surface area contributed by atoms with Gasteiger partial charge in [-0.2, -0.15) is 0 Å². The van der Waals surface area contributed by atoms with Gasteiger partial charge in [0.1, 0.15) is 12.0 Å². The molecule has 1 unspecified atom stereocenters. The van der Waals surface area contributed by atoms with E-state index in [-0.39, 0.29) is 6.17 Å². The van der Waals surface area contributed by atoms with E-state index >= 15 is 0 Å². The fraction of sp³-hybridized carbons (Fsp3) is 0.0357. The van der Waals surface area contributed by atoms with Gasteiger partial charge >= 0.3 is 0 Å². The Bertz CT molecular complexity index is 3020. The van der Waals surface area contributed by atoms with Crippen LogP contribution in [-0.4, -0.2) is 11.7 Å². The third-order valence-corrected chi connectivity index (χ3v) is 12.0. The summed E-state index contributed by atoms with van der Waals surface area (Å²) < 4.78 is 0. The van der Waals surface area contributed by atoms with Crippen LogP contribution >= 0.6 is 0 Å². The first-order chi connectivity index (χ1) is 29.3. The number of nitrogens with one attached hydrogen (secondary N) is 1. The molecule has 0 fully saturated rings. The molecular weight excluding hydrogens is 715 g/mol. The first kappa shape index (κ1) is 34.6. The first-order valence-corrected chi connectivity index (χ1v) is 20.3. The highest BCUT2D eigenvalue weighted by atomic mass is 15.2. The number of hydrogen-bond donors (Lipinski definition) is 1. The number of aliphatic imine (C=N–C) groups is 2. The highest BCUT2D eigenvalue weighted by Gasteiger charge is 2.47. The second-order valence-corrected chi connectivity index (χ2v) is 15.3. The minimum atomic E-state index is -0.493. The second-order valence-electron chi connectivity index (χ2n) is 15.3. The van der Waals surface area contributed by atoms with Crippen molar-refractivity contribution < 1.29 is 0 Å². The Morgan fingerprint density at radius 2 is 0.932 bits per heavy atom. The van der Waals surface area contributed by atoms with E-state index in [1.807, 2.05) is 36.4 Å². The Morgan fingerprint density at radius 3 is 1.64 bits per heavy atom. The normalized spacial score (nSPS) is 15.1. The molecular formula is C56H39N3. The van der Waals surface area contributed by atoms with Gasteiger partial charge in [0.05, 0.1) is 5.41 Å². The van der Waals surface area contributed by atoms with Crippen LogP contribution in [0.4, 0.5) is 0 Å². The van der Waals surface area contributed by atoms with Crippen LogP contribution in [0.2, 0.25) is 0 Å². The van der Waals surface area contributed by atoms with Crippen molar-refractivity contribution in [2.45, 2.75) is 11.6 Å². The average Bonchev–Trinajstić information content (AvgIpc) is 3.63. The SMILES string of the molecule is c1ccc(C2=NC(c3cccc(-c4cccc(-c5cc6c(c7ccccc57)-c5ccccc5C6(c5ccccc5)c5ccccc5)c4)c3)NC(c3ccccc3)=N2)cc1. The van der Waals surface area contributed by atoms with Gasteiger partial charge in [0.25, 0.3) is 0 Å². The molecule has 278 valence electrons. The van der Waals surface area contributed by atoms with Gasteiger partial charge in [-0.1, -0.05) is 206 Å². The predicted octanol–water partition coefficient (Wildman–Crippen LogP) is 13.0. The summed E-state index contributed by atoms with van der Waals surface area (Å²) in [6.45, 7) is 0. The molecule has 9 aromatic rings. The van der Waals surface area contributed by atoms with Crippen molar-refractivity contribution in [1.82, 2.24) is 5.32 Å². The standard InChI is InChI=1S/C56H39N3/c1-5-19-38(20-6-1)53-57-54(39-21-7-2-8-22-39)59-55(58-53)43-26-18-24-41(36-43)40-23-17-25-42(35-40)49-37-51-52(47-32-14-13-31-46(47)49)48-33-15-16-34-50(48)56(51,44-27-9-3-10-28-44)45-29-11-4-12-30-45/h1-37,55H,(H,57,58,59). The Labute approximate surface area is 344 Å². The van der Waals surface area contributed by atoms with Crippen molar-refractivity contribution in [2.75, 3.05) is 0 Å². The number of rotatable bonds is 7. The number of hydrogen-bond acceptors (Lipinski definition) is 3. The van der Waals surface area contributed by atoms with Gasteiger partial charge < -0.3 is 5.32 Å². The third-order valence-electron chi connectivity index (χ3n) is 12.0. The predicted molar refractivity (Wildman–Crippen MR) is 244 cm³/mol. The maximum atomic E-state index is 5.16. The van der Waals surface area contributed by atoms with E-state index in [2.05, 4.69) is 193 Å². The molecule has 9 aromatic carbocycles. The second kappa shape index (κ2) is 14.4. The summed E-state index contributed by atoms with van der Waals surface area (Å²) >= 11 is 0. The summed E-state index contributed by atoms with van der Waals surface area (Å²) in [5.41, 5.74) is 15.0. The molecule has 0 aromatic heterocycles. The number of nitrogens with zero attached hydrogens (tertiary/aromatic N) is 2. The molecule has 59 heavy (non-hydrogen) atoms.